The minimum Gasteiger partial charge on any atom is -0.469 e. The Balaban J connectivity index is 1.39. The molecule has 3 aromatic rings. The Hall–Kier alpha value is -4.00. The highest BCUT2D eigenvalue weighted by Gasteiger charge is 2.38. The average molecular weight is 444 g/mol. The van der Waals surface area contributed by atoms with Crippen LogP contribution in [0, 0.1) is 11.8 Å². The number of hydrogen-bond donors (Lipinski definition) is 2. The number of amides is 2. The first kappa shape index (κ1) is 22.2. The molecule has 168 valence electrons. The number of para-hydroxylation sites is 1. The predicted octanol–water partition coefficient (Wildman–Crippen LogP) is 5.16. The van der Waals surface area contributed by atoms with Gasteiger partial charge in [0, 0.05) is 28.9 Å². The highest BCUT2D eigenvalue weighted by molar-refractivity contribution is 6.01. The fraction of sp³-hybridized carbons (Fsp3) is 0.231. The molecule has 2 aromatic carbocycles. The van der Waals surface area contributed by atoms with E-state index >= 15 is 0 Å². The lowest BCUT2D eigenvalue weighted by atomic mass is 9.88. The Morgan fingerprint density at radius 3 is 2.21 bits per heavy atom. The maximum Gasteiger partial charge on any atom is 0.324 e. The predicted molar refractivity (Wildman–Crippen MR) is 126 cm³/mol. The first-order valence-corrected chi connectivity index (χ1v) is 10.9. The summed E-state index contributed by atoms with van der Waals surface area (Å²) >= 11 is 0. The zero-order valence-corrected chi connectivity index (χ0v) is 18.3. The van der Waals surface area contributed by atoms with Crippen molar-refractivity contribution in [1.82, 2.24) is 4.98 Å². The number of urea groups is 1. The second kappa shape index (κ2) is 10.1. The molecule has 1 aliphatic rings. The van der Waals surface area contributed by atoms with Gasteiger partial charge in [0.1, 0.15) is 5.82 Å². The van der Waals surface area contributed by atoms with Crippen LogP contribution in [0.15, 0.2) is 72.9 Å². The number of carbonyl (C=O) groups excluding carboxylic acids is 3. The minimum atomic E-state index is -0.374. The number of aromatic nitrogens is 1. The molecule has 33 heavy (non-hydrogen) atoms. The SMILES string of the molecule is COC(=O)[C@@H]1CCC[C@H]1C(=O)c1ccc(-c2ccc(NC(=O)Nc3ccccc3)nc2)cc1. The van der Waals surface area contributed by atoms with Crippen LogP contribution in [0.2, 0.25) is 0 Å². The molecular formula is C26H25N3O4. The van der Waals surface area contributed by atoms with Crippen LogP contribution in [-0.2, 0) is 9.53 Å². The van der Waals surface area contributed by atoms with Gasteiger partial charge < -0.3 is 10.1 Å². The third kappa shape index (κ3) is 5.26. The maximum absolute atomic E-state index is 12.9. The number of rotatable bonds is 6. The molecular weight excluding hydrogens is 418 g/mol. The summed E-state index contributed by atoms with van der Waals surface area (Å²) in [5.41, 5.74) is 3.03. The summed E-state index contributed by atoms with van der Waals surface area (Å²) in [6.45, 7) is 0. The zero-order chi connectivity index (χ0) is 23.2. The molecule has 0 radical (unpaired) electrons. The summed E-state index contributed by atoms with van der Waals surface area (Å²) in [6.07, 6.45) is 3.91. The van der Waals surface area contributed by atoms with Crippen molar-refractivity contribution in [2.24, 2.45) is 11.8 Å². The van der Waals surface area contributed by atoms with E-state index < -0.39 is 0 Å². The third-order valence-corrected chi connectivity index (χ3v) is 5.90. The van der Waals surface area contributed by atoms with Crippen molar-refractivity contribution in [2.75, 3.05) is 17.7 Å². The number of methoxy groups -OCH3 is 1. The summed E-state index contributed by atoms with van der Waals surface area (Å²) in [5, 5.41) is 5.44. The van der Waals surface area contributed by atoms with E-state index in [4.69, 9.17) is 4.74 Å². The molecule has 1 heterocycles. The first-order chi connectivity index (χ1) is 16.0. The lowest BCUT2D eigenvalue weighted by Crippen LogP contribution is -2.26. The lowest BCUT2D eigenvalue weighted by Gasteiger charge is -2.16. The van der Waals surface area contributed by atoms with E-state index in [1.807, 2.05) is 36.4 Å². The summed E-state index contributed by atoms with van der Waals surface area (Å²) in [7, 11) is 1.36. The topological polar surface area (TPSA) is 97.4 Å². The van der Waals surface area contributed by atoms with Crippen LogP contribution in [-0.4, -0.2) is 29.9 Å². The summed E-state index contributed by atoms with van der Waals surface area (Å²) in [5.74, 6) is -0.576. The maximum atomic E-state index is 12.9. The molecule has 0 spiro atoms. The van der Waals surface area contributed by atoms with Gasteiger partial charge in [-0.3, -0.25) is 14.9 Å². The van der Waals surface area contributed by atoms with Crippen molar-refractivity contribution in [3.63, 3.8) is 0 Å². The van der Waals surface area contributed by atoms with Crippen molar-refractivity contribution in [3.05, 3.63) is 78.5 Å². The molecule has 4 rings (SSSR count). The van der Waals surface area contributed by atoms with E-state index in [0.717, 1.165) is 17.5 Å². The van der Waals surface area contributed by atoms with Crippen molar-refractivity contribution in [3.8, 4) is 11.1 Å². The number of benzene rings is 2. The van der Waals surface area contributed by atoms with Crippen molar-refractivity contribution in [1.29, 1.82) is 0 Å². The third-order valence-electron chi connectivity index (χ3n) is 5.90. The Kier molecular flexibility index (Phi) is 6.78. The normalized spacial score (nSPS) is 17.2. The molecule has 2 N–H and O–H groups in total. The summed E-state index contributed by atoms with van der Waals surface area (Å²) in [4.78, 5) is 41.3. The molecule has 7 heteroatoms. The van der Waals surface area contributed by atoms with Crippen LogP contribution in [0.1, 0.15) is 29.6 Å². The molecule has 0 bridgehead atoms. The number of esters is 1. The van der Waals surface area contributed by atoms with Gasteiger partial charge in [0.2, 0.25) is 0 Å². The first-order valence-electron chi connectivity index (χ1n) is 10.9. The zero-order valence-electron chi connectivity index (χ0n) is 18.3. The summed E-state index contributed by atoms with van der Waals surface area (Å²) < 4.78 is 4.86. The number of nitrogens with zero attached hydrogens (tertiary/aromatic N) is 1. The van der Waals surface area contributed by atoms with Crippen molar-refractivity contribution >= 4 is 29.3 Å². The van der Waals surface area contributed by atoms with Gasteiger partial charge in [0.25, 0.3) is 0 Å². The Bertz CT molecular complexity index is 1130. The standard InChI is InChI=1S/C26H25N3O4/c1-33-25(31)22-9-5-8-21(22)24(30)18-12-10-17(11-13-18)19-14-15-23(27-16-19)29-26(32)28-20-6-3-2-4-7-20/h2-4,6-7,10-16,21-22H,5,8-9H2,1H3,(H2,27,28,29,32)/t21-,22-/m1/s1. The number of Topliss-reactive ketones (excluding diaryl/α,β-unsaturated/α-hetero) is 1. The minimum absolute atomic E-state index is 0.0171. The molecule has 1 fully saturated rings. The van der Waals surface area contributed by atoms with Crippen molar-refractivity contribution < 1.29 is 19.1 Å². The lowest BCUT2D eigenvalue weighted by molar-refractivity contribution is -0.146. The van der Waals surface area contributed by atoms with Gasteiger partial charge in [0.15, 0.2) is 5.78 Å². The number of carbonyl (C=O) groups is 3. The Morgan fingerprint density at radius 1 is 0.848 bits per heavy atom. The fourth-order valence-electron chi connectivity index (χ4n) is 4.19. The van der Waals surface area contributed by atoms with E-state index in [9.17, 15) is 14.4 Å². The van der Waals surface area contributed by atoms with Crippen LogP contribution < -0.4 is 10.6 Å². The van der Waals surface area contributed by atoms with Gasteiger partial charge in [-0.1, -0.05) is 48.9 Å². The average Bonchev–Trinajstić information content (AvgIpc) is 3.34. The van der Waals surface area contributed by atoms with Crippen LogP contribution in [0.3, 0.4) is 0 Å². The largest absolute Gasteiger partial charge is 0.469 e. The quantitative estimate of drug-likeness (QED) is 0.405. The van der Waals surface area contributed by atoms with Gasteiger partial charge in [0.05, 0.1) is 13.0 Å². The van der Waals surface area contributed by atoms with E-state index in [-0.39, 0.29) is 29.6 Å². The van der Waals surface area contributed by atoms with E-state index in [1.165, 1.54) is 7.11 Å². The van der Waals surface area contributed by atoms with Crippen molar-refractivity contribution in [2.45, 2.75) is 19.3 Å². The number of nitrogens with one attached hydrogen (secondary N) is 2. The molecule has 7 nitrogen and oxygen atoms in total. The Morgan fingerprint density at radius 2 is 1.55 bits per heavy atom. The molecule has 2 amide bonds. The van der Waals surface area contributed by atoms with Gasteiger partial charge in [-0.2, -0.15) is 0 Å². The summed E-state index contributed by atoms with van der Waals surface area (Å²) in [6, 6.07) is 19.6. The second-order valence-corrected chi connectivity index (χ2v) is 7.99. The molecule has 1 saturated carbocycles. The molecule has 0 aliphatic heterocycles. The van der Waals surface area contributed by atoms with Crippen LogP contribution in [0.4, 0.5) is 16.3 Å². The van der Waals surface area contributed by atoms with Gasteiger partial charge >= 0.3 is 12.0 Å². The van der Waals surface area contributed by atoms with Crippen LogP contribution in [0.25, 0.3) is 11.1 Å². The number of ether oxygens (including phenoxy) is 1. The fourth-order valence-corrected chi connectivity index (χ4v) is 4.19. The number of anilines is 2. The molecule has 2 atom stereocenters. The number of pyridine rings is 1. The van der Waals surface area contributed by atoms with Gasteiger partial charge in [-0.05, 0) is 42.7 Å². The Labute approximate surface area is 192 Å². The van der Waals surface area contributed by atoms with Crippen LogP contribution in [0.5, 0.6) is 0 Å². The highest BCUT2D eigenvalue weighted by atomic mass is 16.5. The van der Waals surface area contributed by atoms with Gasteiger partial charge in [-0.25, -0.2) is 9.78 Å². The second-order valence-electron chi connectivity index (χ2n) is 7.99. The van der Waals surface area contributed by atoms with Gasteiger partial charge in [-0.15, -0.1) is 0 Å². The smallest absolute Gasteiger partial charge is 0.324 e. The molecule has 1 aliphatic carbocycles. The highest BCUT2D eigenvalue weighted by Crippen LogP contribution is 2.35. The molecule has 0 unspecified atom stereocenters. The molecule has 0 saturated heterocycles. The van der Waals surface area contributed by atoms with E-state index in [1.54, 1.807) is 36.5 Å². The van der Waals surface area contributed by atoms with E-state index in [0.29, 0.717) is 29.9 Å². The molecule has 1 aromatic heterocycles. The number of hydrogen-bond acceptors (Lipinski definition) is 5. The number of ketones is 1. The monoisotopic (exact) mass is 443 g/mol. The van der Waals surface area contributed by atoms with Crippen LogP contribution >= 0.6 is 0 Å². The van der Waals surface area contributed by atoms with E-state index in [2.05, 4.69) is 15.6 Å².